The van der Waals surface area contributed by atoms with Gasteiger partial charge in [-0.15, -0.1) is 0 Å². The molecule has 1 aromatic heterocycles. The van der Waals surface area contributed by atoms with Crippen LogP contribution in [0.1, 0.15) is 0 Å². The molecule has 0 aliphatic rings. The van der Waals surface area contributed by atoms with Crippen LogP contribution in [0.4, 0.5) is 0 Å². The number of nitrogens with zero attached hydrogens (tertiary/aromatic N) is 1. The van der Waals surface area contributed by atoms with Crippen LogP contribution in [0.25, 0.3) is 82.1 Å². The van der Waals surface area contributed by atoms with Gasteiger partial charge in [-0.1, -0.05) is 140 Å². The van der Waals surface area contributed by atoms with Gasteiger partial charge in [0.05, 0.1) is 11.0 Å². The molecule has 1 heterocycles. The van der Waals surface area contributed by atoms with E-state index in [1.165, 1.54) is 82.1 Å². The highest BCUT2D eigenvalue weighted by molar-refractivity contribution is 6.37. The first-order valence-electron chi connectivity index (χ1n) is 14.9. The second-order valence-corrected chi connectivity index (χ2v) is 11.3. The van der Waals surface area contributed by atoms with Crippen molar-refractivity contribution in [2.45, 2.75) is 0 Å². The third-order valence-electron chi connectivity index (χ3n) is 8.94. The molecule has 0 atom stereocenters. The lowest BCUT2D eigenvalue weighted by Gasteiger charge is -2.16. The second kappa shape index (κ2) is 9.44. The van der Waals surface area contributed by atoms with Crippen LogP contribution in [-0.2, 0) is 0 Å². The van der Waals surface area contributed by atoms with E-state index in [-0.39, 0.29) is 0 Å². The number of rotatable bonds is 3. The predicted molar refractivity (Wildman–Crippen MR) is 184 cm³/mol. The fraction of sp³-hybridized carbons (Fsp3) is 0. The lowest BCUT2D eigenvalue weighted by molar-refractivity contribution is 1.19. The topological polar surface area (TPSA) is 4.93 Å². The minimum Gasteiger partial charge on any atom is -0.309 e. The molecule has 0 aliphatic heterocycles. The molecule has 0 saturated heterocycles. The number of fused-ring (bicyclic) bond motifs is 10. The molecule has 200 valence electrons. The van der Waals surface area contributed by atoms with E-state index in [0.29, 0.717) is 0 Å². The molecule has 8 aromatic carbocycles. The highest BCUT2D eigenvalue weighted by Crippen LogP contribution is 2.46. The zero-order chi connectivity index (χ0) is 28.3. The van der Waals surface area contributed by atoms with Crippen molar-refractivity contribution in [2.75, 3.05) is 0 Å². The average Bonchev–Trinajstić information content (AvgIpc) is 3.44. The molecule has 0 bridgehead atoms. The standard InChI is InChI=1S/C42H27N/c1-3-14-28(15-4-1)30-18-13-19-31(26-30)43-39-25-12-11-24-36(39)41-40-34-22-9-7-20-32(34)37(29-16-5-2-6-17-29)27-38(40)33-21-8-10-23-35(33)42(41)43/h1-27H. The highest BCUT2D eigenvalue weighted by atomic mass is 15.0. The van der Waals surface area contributed by atoms with Gasteiger partial charge in [0.2, 0.25) is 0 Å². The third kappa shape index (κ3) is 3.58. The number of aromatic nitrogens is 1. The van der Waals surface area contributed by atoms with Gasteiger partial charge in [0.25, 0.3) is 0 Å². The molecule has 0 spiro atoms. The monoisotopic (exact) mass is 545 g/mol. The molecule has 0 amide bonds. The van der Waals surface area contributed by atoms with Crippen LogP contribution < -0.4 is 0 Å². The van der Waals surface area contributed by atoms with E-state index in [1.54, 1.807) is 0 Å². The maximum Gasteiger partial charge on any atom is 0.0626 e. The van der Waals surface area contributed by atoms with Crippen molar-refractivity contribution in [3.63, 3.8) is 0 Å². The normalized spacial score (nSPS) is 11.7. The average molecular weight is 546 g/mol. The number of para-hydroxylation sites is 1. The van der Waals surface area contributed by atoms with E-state index in [0.717, 1.165) is 0 Å². The highest BCUT2D eigenvalue weighted by Gasteiger charge is 2.21. The van der Waals surface area contributed by atoms with Crippen molar-refractivity contribution < 1.29 is 0 Å². The summed E-state index contributed by atoms with van der Waals surface area (Å²) in [5, 5.41) is 10.3. The Morgan fingerprint density at radius 3 is 1.67 bits per heavy atom. The summed E-state index contributed by atoms with van der Waals surface area (Å²) in [5.74, 6) is 0. The van der Waals surface area contributed by atoms with Gasteiger partial charge in [0.15, 0.2) is 0 Å². The molecule has 0 unspecified atom stereocenters. The summed E-state index contributed by atoms with van der Waals surface area (Å²) in [4.78, 5) is 0. The molecule has 9 rings (SSSR count). The molecule has 0 saturated carbocycles. The van der Waals surface area contributed by atoms with Crippen LogP contribution in [0.15, 0.2) is 164 Å². The first kappa shape index (κ1) is 24.0. The van der Waals surface area contributed by atoms with Gasteiger partial charge in [0.1, 0.15) is 0 Å². The Hall–Kier alpha value is -5.66. The summed E-state index contributed by atoms with van der Waals surface area (Å²) >= 11 is 0. The van der Waals surface area contributed by atoms with Crippen LogP contribution in [0, 0.1) is 0 Å². The van der Waals surface area contributed by atoms with Gasteiger partial charge < -0.3 is 4.57 Å². The molecular formula is C42H27N. The first-order valence-corrected chi connectivity index (χ1v) is 14.9. The smallest absolute Gasteiger partial charge is 0.0626 e. The maximum absolute atomic E-state index is 2.48. The Morgan fingerprint density at radius 2 is 0.907 bits per heavy atom. The molecule has 9 aromatic rings. The minimum atomic E-state index is 1.17. The lowest BCUT2D eigenvalue weighted by Crippen LogP contribution is -1.96. The van der Waals surface area contributed by atoms with Crippen molar-refractivity contribution in [3.05, 3.63) is 164 Å². The van der Waals surface area contributed by atoms with Gasteiger partial charge in [-0.3, -0.25) is 0 Å². The Kier molecular flexibility index (Phi) is 5.27. The summed E-state index contributed by atoms with van der Waals surface area (Å²) in [6.45, 7) is 0. The quantitative estimate of drug-likeness (QED) is 0.195. The molecule has 1 heteroatoms. The van der Waals surface area contributed by atoms with Crippen LogP contribution in [0.5, 0.6) is 0 Å². The van der Waals surface area contributed by atoms with Crippen molar-refractivity contribution in [1.82, 2.24) is 4.57 Å². The van der Waals surface area contributed by atoms with Crippen LogP contribution in [0.3, 0.4) is 0 Å². The Morgan fingerprint density at radius 1 is 0.326 bits per heavy atom. The van der Waals surface area contributed by atoms with Crippen molar-refractivity contribution in [2.24, 2.45) is 0 Å². The Bertz CT molecular complexity index is 2480. The molecule has 43 heavy (non-hydrogen) atoms. The van der Waals surface area contributed by atoms with E-state index in [1.807, 2.05) is 0 Å². The van der Waals surface area contributed by atoms with E-state index in [2.05, 4.69) is 168 Å². The third-order valence-corrected chi connectivity index (χ3v) is 8.94. The van der Waals surface area contributed by atoms with Gasteiger partial charge in [-0.25, -0.2) is 0 Å². The zero-order valence-electron chi connectivity index (χ0n) is 23.5. The fourth-order valence-electron chi connectivity index (χ4n) is 7.11. The molecule has 0 radical (unpaired) electrons. The second-order valence-electron chi connectivity index (χ2n) is 11.3. The largest absolute Gasteiger partial charge is 0.309 e. The minimum absolute atomic E-state index is 1.17. The van der Waals surface area contributed by atoms with E-state index in [9.17, 15) is 0 Å². The SMILES string of the molecule is c1ccc(-c2cccc(-n3c4ccccc4c4c5c6ccccc6c(-c6ccccc6)cc5c5ccccc5c43)c2)cc1. The van der Waals surface area contributed by atoms with E-state index in [4.69, 9.17) is 0 Å². The lowest BCUT2D eigenvalue weighted by atomic mass is 9.88. The summed E-state index contributed by atoms with van der Waals surface area (Å²) < 4.78 is 2.48. The summed E-state index contributed by atoms with van der Waals surface area (Å²) in [7, 11) is 0. The number of hydrogen-bond acceptors (Lipinski definition) is 0. The van der Waals surface area contributed by atoms with Crippen LogP contribution in [-0.4, -0.2) is 4.57 Å². The first-order chi connectivity index (χ1) is 21.4. The predicted octanol–water partition coefficient (Wildman–Crippen LogP) is 11.6. The van der Waals surface area contributed by atoms with Crippen LogP contribution >= 0.6 is 0 Å². The van der Waals surface area contributed by atoms with Crippen molar-refractivity contribution in [1.29, 1.82) is 0 Å². The van der Waals surface area contributed by atoms with Gasteiger partial charge in [-0.05, 0) is 68.1 Å². The molecule has 0 aliphatic carbocycles. The van der Waals surface area contributed by atoms with Crippen LogP contribution in [0.2, 0.25) is 0 Å². The zero-order valence-corrected chi connectivity index (χ0v) is 23.5. The fourth-order valence-corrected chi connectivity index (χ4v) is 7.11. The van der Waals surface area contributed by atoms with Crippen molar-refractivity contribution >= 4 is 54.1 Å². The summed E-state index contributed by atoms with van der Waals surface area (Å²) in [5.41, 5.74) is 8.59. The Balaban J connectivity index is 1.50. The van der Waals surface area contributed by atoms with E-state index >= 15 is 0 Å². The number of benzene rings is 8. The molecule has 0 N–H and O–H groups in total. The van der Waals surface area contributed by atoms with Gasteiger partial charge in [0, 0.05) is 27.2 Å². The molecule has 1 nitrogen and oxygen atoms in total. The Labute approximate surface area is 249 Å². The number of hydrogen-bond donors (Lipinski definition) is 0. The maximum atomic E-state index is 2.48. The van der Waals surface area contributed by atoms with E-state index < -0.39 is 0 Å². The van der Waals surface area contributed by atoms with Crippen molar-refractivity contribution in [3.8, 4) is 27.9 Å². The van der Waals surface area contributed by atoms with Gasteiger partial charge >= 0.3 is 0 Å². The summed E-state index contributed by atoms with van der Waals surface area (Å²) in [6.07, 6.45) is 0. The summed E-state index contributed by atoms with van der Waals surface area (Å²) in [6, 6.07) is 59.6. The van der Waals surface area contributed by atoms with Gasteiger partial charge in [-0.2, -0.15) is 0 Å². The molecule has 0 fully saturated rings. The molecular weight excluding hydrogens is 518 g/mol.